The smallest absolute Gasteiger partial charge is 0.358 e. The van der Waals surface area contributed by atoms with Gasteiger partial charge in [0.15, 0.2) is 5.69 Å². The highest BCUT2D eigenvalue weighted by Gasteiger charge is 2.23. The van der Waals surface area contributed by atoms with E-state index in [0.29, 0.717) is 23.5 Å². The average Bonchev–Trinajstić information content (AvgIpc) is 3.20. The Labute approximate surface area is 150 Å². The molecular formula is C18H19N5O3. The van der Waals surface area contributed by atoms with Crippen LogP contribution >= 0.6 is 0 Å². The van der Waals surface area contributed by atoms with Crippen molar-refractivity contribution in [2.24, 2.45) is 7.05 Å². The van der Waals surface area contributed by atoms with E-state index in [1.807, 2.05) is 30.3 Å². The fourth-order valence-corrected chi connectivity index (χ4v) is 2.66. The Balaban J connectivity index is 1.78. The summed E-state index contributed by atoms with van der Waals surface area (Å²) in [5, 5.41) is 11.1. The van der Waals surface area contributed by atoms with Crippen molar-refractivity contribution < 1.29 is 14.3 Å². The Morgan fingerprint density at radius 1 is 1.23 bits per heavy atom. The largest absolute Gasteiger partial charge is 0.464 e. The van der Waals surface area contributed by atoms with Gasteiger partial charge < -0.3 is 10.1 Å². The maximum Gasteiger partial charge on any atom is 0.358 e. The third kappa shape index (κ3) is 3.49. The third-order valence-electron chi connectivity index (χ3n) is 3.92. The monoisotopic (exact) mass is 353 g/mol. The SMILES string of the molecule is COC(=O)c1c(NC(=O)c2cnn(Cc3ccccc3)c2)c(C)nn1C. The molecule has 134 valence electrons. The highest BCUT2D eigenvalue weighted by molar-refractivity contribution is 6.07. The molecule has 1 amide bonds. The number of esters is 1. The van der Waals surface area contributed by atoms with Crippen LogP contribution in [0.25, 0.3) is 0 Å². The van der Waals surface area contributed by atoms with E-state index in [4.69, 9.17) is 4.74 Å². The van der Waals surface area contributed by atoms with Gasteiger partial charge in [-0.05, 0) is 12.5 Å². The van der Waals surface area contributed by atoms with E-state index in [2.05, 4.69) is 15.5 Å². The second-order valence-corrected chi connectivity index (χ2v) is 5.79. The molecule has 0 aliphatic rings. The van der Waals surface area contributed by atoms with Crippen LogP contribution in [0.2, 0.25) is 0 Å². The Morgan fingerprint density at radius 2 is 1.96 bits per heavy atom. The van der Waals surface area contributed by atoms with Gasteiger partial charge in [-0.3, -0.25) is 14.2 Å². The van der Waals surface area contributed by atoms with Crippen LogP contribution in [-0.4, -0.2) is 38.5 Å². The summed E-state index contributed by atoms with van der Waals surface area (Å²) in [6.07, 6.45) is 3.15. The molecule has 3 aromatic rings. The molecule has 0 unspecified atom stereocenters. The van der Waals surface area contributed by atoms with Gasteiger partial charge in [0.1, 0.15) is 0 Å². The zero-order valence-electron chi connectivity index (χ0n) is 14.8. The van der Waals surface area contributed by atoms with Crippen molar-refractivity contribution in [3.8, 4) is 0 Å². The normalized spacial score (nSPS) is 10.6. The molecule has 2 heterocycles. The summed E-state index contributed by atoms with van der Waals surface area (Å²) >= 11 is 0. The van der Waals surface area contributed by atoms with Crippen LogP contribution in [0, 0.1) is 6.92 Å². The molecule has 8 nitrogen and oxygen atoms in total. The van der Waals surface area contributed by atoms with E-state index >= 15 is 0 Å². The number of hydrogen-bond donors (Lipinski definition) is 1. The van der Waals surface area contributed by atoms with Gasteiger partial charge in [-0.1, -0.05) is 30.3 Å². The molecule has 0 spiro atoms. The van der Waals surface area contributed by atoms with Crippen LogP contribution < -0.4 is 5.32 Å². The minimum atomic E-state index is -0.567. The fourth-order valence-electron chi connectivity index (χ4n) is 2.66. The number of hydrogen-bond acceptors (Lipinski definition) is 5. The second kappa shape index (κ2) is 7.22. The van der Waals surface area contributed by atoms with E-state index in [-0.39, 0.29) is 11.6 Å². The number of aryl methyl sites for hydroxylation is 2. The molecule has 0 radical (unpaired) electrons. The minimum absolute atomic E-state index is 0.190. The minimum Gasteiger partial charge on any atom is -0.464 e. The average molecular weight is 353 g/mol. The lowest BCUT2D eigenvalue weighted by Crippen LogP contribution is -2.16. The molecule has 0 aliphatic carbocycles. The third-order valence-corrected chi connectivity index (χ3v) is 3.92. The molecular weight excluding hydrogens is 334 g/mol. The van der Waals surface area contributed by atoms with Crippen molar-refractivity contribution in [3.63, 3.8) is 0 Å². The van der Waals surface area contributed by atoms with Crippen LogP contribution in [0.3, 0.4) is 0 Å². The van der Waals surface area contributed by atoms with Crippen molar-refractivity contribution in [1.29, 1.82) is 0 Å². The number of amides is 1. The highest BCUT2D eigenvalue weighted by Crippen LogP contribution is 2.21. The molecule has 0 atom stereocenters. The molecule has 0 saturated carbocycles. The van der Waals surface area contributed by atoms with Crippen LogP contribution in [0.5, 0.6) is 0 Å². The van der Waals surface area contributed by atoms with Gasteiger partial charge in [-0.15, -0.1) is 0 Å². The maximum atomic E-state index is 12.6. The van der Waals surface area contributed by atoms with Crippen LogP contribution in [0.15, 0.2) is 42.7 Å². The van der Waals surface area contributed by atoms with Crippen molar-refractivity contribution in [2.75, 3.05) is 12.4 Å². The van der Waals surface area contributed by atoms with E-state index in [1.165, 1.54) is 18.0 Å². The predicted octanol–water partition coefficient (Wildman–Crippen LogP) is 2.01. The molecule has 2 aromatic heterocycles. The number of benzene rings is 1. The van der Waals surface area contributed by atoms with Gasteiger partial charge in [-0.2, -0.15) is 10.2 Å². The Bertz CT molecular complexity index is 943. The van der Waals surface area contributed by atoms with E-state index < -0.39 is 5.97 Å². The molecule has 3 rings (SSSR count). The molecule has 8 heteroatoms. The molecule has 0 fully saturated rings. The first-order valence-electron chi connectivity index (χ1n) is 7.99. The maximum absolute atomic E-state index is 12.6. The van der Waals surface area contributed by atoms with Crippen molar-refractivity contribution in [1.82, 2.24) is 19.6 Å². The van der Waals surface area contributed by atoms with Gasteiger partial charge in [0, 0.05) is 13.2 Å². The summed E-state index contributed by atoms with van der Waals surface area (Å²) in [7, 11) is 2.90. The van der Waals surface area contributed by atoms with Gasteiger partial charge in [0.05, 0.1) is 36.8 Å². The summed E-state index contributed by atoms with van der Waals surface area (Å²) in [5.74, 6) is -0.936. The van der Waals surface area contributed by atoms with E-state index in [9.17, 15) is 9.59 Å². The number of carbonyl (C=O) groups excluding carboxylic acids is 2. The van der Waals surface area contributed by atoms with E-state index in [0.717, 1.165) is 5.56 Å². The first-order valence-corrected chi connectivity index (χ1v) is 7.99. The van der Waals surface area contributed by atoms with Gasteiger partial charge in [0.25, 0.3) is 5.91 Å². The zero-order valence-corrected chi connectivity index (χ0v) is 14.8. The number of methoxy groups -OCH3 is 1. The Hall–Kier alpha value is -3.42. The molecule has 26 heavy (non-hydrogen) atoms. The van der Waals surface area contributed by atoms with Gasteiger partial charge in [0.2, 0.25) is 0 Å². The fraction of sp³-hybridized carbons (Fsp3) is 0.222. The summed E-state index contributed by atoms with van der Waals surface area (Å²) in [6, 6.07) is 9.82. The molecule has 0 aliphatic heterocycles. The Morgan fingerprint density at radius 3 is 2.65 bits per heavy atom. The summed E-state index contributed by atoms with van der Waals surface area (Å²) in [5.41, 5.74) is 2.52. The zero-order chi connectivity index (χ0) is 18.7. The number of aromatic nitrogens is 4. The standard InChI is InChI=1S/C18H19N5O3/c1-12-15(16(18(25)26-3)22(2)21-12)20-17(24)14-9-19-23(11-14)10-13-7-5-4-6-8-13/h4-9,11H,10H2,1-3H3,(H,20,24). The number of rotatable bonds is 5. The van der Waals surface area contributed by atoms with Crippen molar-refractivity contribution in [3.05, 3.63) is 65.2 Å². The van der Waals surface area contributed by atoms with Gasteiger partial charge >= 0.3 is 5.97 Å². The topological polar surface area (TPSA) is 91.0 Å². The molecule has 1 aromatic carbocycles. The highest BCUT2D eigenvalue weighted by atomic mass is 16.5. The lowest BCUT2D eigenvalue weighted by atomic mass is 10.2. The molecule has 1 N–H and O–H groups in total. The number of carbonyl (C=O) groups is 2. The second-order valence-electron chi connectivity index (χ2n) is 5.79. The van der Waals surface area contributed by atoms with Gasteiger partial charge in [-0.25, -0.2) is 4.79 Å². The first-order chi connectivity index (χ1) is 12.5. The first kappa shape index (κ1) is 17.4. The lowest BCUT2D eigenvalue weighted by Gasteiger charge is -2.06. The molecule has 0 saturated heterocycles. The van der Waals surface area contributed by atoms with Crippen LogP contribution in [0.4, 0.5) is 5.69 Å². The van der Waals surface area contributed by atoms with Crippen LogP contribution in [-0.2, 0) is 18.3 Å². The quantitative estimate of drug-likeness (QED) is 0.709. The summed E-state index contributed by atoms with van der Waals surface area (Å²) in [6.45, 7) is 2.27. The summed E-state index contributed by atoms with van der Waals surface area (Å²) < 4.78 is 7.83. The summed E-state index contributed by atoms with van der Waals surface area (Å²) in [4.78, 5) is 24.5. The van der Waals surface area contributed by atoms with Crippen molar-refractivity contribution in [2.45, 2.75) is 13.5 Å². The predicted molar refractivity (Wildman–Crippen MR) is 95.0 cm³/mol. The number of ether oxygens (including phenoxy) is 1. The number of nitrogens with zero attached hydrogens (tertiary/aromatic N) is 4. The molecule has 0 bridgehead atoms. The Kier molecular flexibility index (Phi) is 4.83. The van der Waals surface area contributed by atoms with E-state index in [1.54, 1.807) is 24.9 Å². The number of anilines is 1. The van der Waals surface area contributed by atoms with Crippen molar-refractivity contribution >= 4 is 17.6 Å². The lowest BCUT2D eigenvalue weighted by molar-refractivity contribution is 0.0589. The van der Waals surface area contributed by atoms with Crippen LogP contribution in [0.1, 0.15) is 32.1 Å². The number of nitrogens with one attached hydrogen (secondary N) is 1.